The van der Waals surface area contributed by atoms with Crippen molar-refractivity contribution in [3.63, 3.8) is 0 Å². The van der Waals surface area contributed by atoms with E-state index in [0.717, 1.165) is 0 Å². The molecule has 1 amide bonds. The summed E-state index contributed by atoms with van der Waals surface area (Å²) in [6.45, 7) is -0.0141. The predicted molar refractivity (Wildman–Crippen MR) is 69.6 cm³/mol. The molecule has 8 heteroatoms. The molecule has 0 atom stereocenters. The average molecular weight is 276 g/mol. The molecule has 0 fully saturated rings. The number of nitro benzene ring substituents is 1. The Morgan fingerprint density at radius 2 is 2.25 bits per heavy atom. The van der Waals surface area contributed by atoms with Crippen molar-refractivity contribution in [3.8, 4) is 5.69 Å². The van der Waals surface area contributed by atoms with Gasteiger partial charge in [-0.3, -0.25) is 14.9 Å². The number of hydrogen-bond acceptors (Lipinski definition) is 5. The lowest BCUT2D eigenvalue weighted by Crippen LogP contribution is -2.26. The molecular formula is C12H12N4O4. The van der Waals surface area contributed by atoms with Crippen LogP contribution in [0.5, 0.6) is 0 Å². The molecule has 0 saturated carbocycles. The van der Waals surface area contributed by atoms with E-state index in [1.807, 2.05) is 0 Å². The molecule has 2 N–H and O–H groups in total. The molecule has 0 aliphatic carbocycles. The van der Waals surface area contributed by atoms with Gasteiger partial charge in [0.05, 0.1) is 17.2 Å². The van der Waals surface area contributed by atoms with Gasteiger partial charge < -0.3 is 10.4 Å². The molecule has 0 radical (unpaired) electrons. The fourth-order valence-corrected chi connectivity index (χ4v) is 1.60. The van der Waals surface area contributed by atoms with E-state index in [1.54, 1.807) is 12.1 Å². The van der Waals surface area contributed by atoms with E-state index in [1.165, 1.54) is 29.1 Å². The van der Waals surface area contributed by atoms with Crippen molar-refractivity contribution in [2.24, 2.45) is 0 Å². The van der Waals surface area contributed by atoms with Crippen molar-refractivity contribution < 1.29 is 14.8 Å². The summed E-state index contributed by atoms with van der Waals surface area (Å²) in [5.74, 6) is -0.414. The molecule has 0 unspecified atom stereocenters. The summed E-state index contributed by atoms with van der Waals surface area (Å²) in [5.41, 5.74) is 0.606. The van der Waals surface area contributed by atoms with Crippen molar-refractivity contribution in [1.29, 1.82) is 0 Å². The molecule has 0 aliphatic heterocycles. The number of nitrogens with one attached hydrogen (secondary N) is 1. The first kappa shape index (κ1) is 13.7. The number of aromatic nitrogens is 2. The Morgan fingerprint density at radius 3 is 2.95 bits per heavy atom. The first-order valence-corrected chi connectivity index (χ1v) is 5.81. The standard InChI is InChI=1S/C12H12N4O4/c17-7-5-13-12(18)11-4-6-15(14-11)9-2-1-3-10(8-9)16(19)20/h1-4,6,8,17H,5,7H2,(H,13,18). The zero-order valence-electron chi connectivity index (χ0n) is 10.4. The second-order valence-corrected chi connectivity index (χ2v) is 3.90. The fraction of sp³-hybridized carbons (Fsp3) is 0.167. The Hall–Kier alpha value is -2.74. The minimum absolute atomic E-state index is 0.0516. The van der Waals surface area contributed by atoms with Gasteiger partial charge in [0.15, 0.2) is 5.69 Å². The van der Waals surface area contributed by atoms with Crippen LogP contribution >= 0.6 is 0 Å². The predicted octanol–water partition coefficient (Wildman–Crippen LogP) is 0.503. The van der Waals surface area contributed by atoms with E-state index in [4.69, 9.17) is 5.11 Å². The lowest BCUT2D eigenvalue weighted by molar-refractivity contribution is -0.384. The number of aliphatic hydroxyl groups excluding tert-OH is 1. The summed E-state index contributed by atoms with van der Waals surface area (Å²) in [5, 5.41) is 25.8. The summed E-state index contributed by atoms with van der Waals surface area (Å²) in [7, 11) is 0. The van der Waals surface area contributed by atoms with E-state index >= 15 is 0 Å². The molecule has 0 aliphatic rings. The number of amides is 1. The van der Waals surface area contributed by atoms with Gasteiger partial charge in [-0.1, -0.05) is 6.07 Å². The zero-order chi connectivity index (χ0) is 14.5. The molecule has 20 heavy (non-hydrogen) atoms. The number of non-ortho nitro benzene ring substituents is 1. The molecule has 104 valence electrons. The van der Waals surface area contributed by atoms with Crippen LogP contribution in [0.1, 0.15) is 10.5 Å². The quantitative estimate of drug-likeness (QED) is 0.610. The molecule has 1 aromatic carbocycles. The van der Waals surface area contributed by atoms with E-state index in [9.17, 15) is 14.9 Å². The van der Waals surface area contributed by atoms with Gasteiger partial charge in [0, 0.05) is 24.9 Å². The van der Waals surface area contributed by atoms with Crippen LogP contribution in [0.4, 0.5) is 5.69 Å². The second kappa shape index (κ2) is 5.93. The molecule has 0 spiro atoms. The van der Waals surface area contributed by atoms with Crippen molar-refractivity contribution in [3.05, 3.63) is 52.3 Å². The summed E-state index contributed by atoms with van der Waals surface area (Å²) in [6, 6.07) is 7.42. The molecule has 1 heterocycles. The Labute approximate surface area is 113 Å². The Morgan fingerprint density at radius 1 is 1.45 bits per heavy atom. The van der Waals surface area contributed by atoms with Crippen LogP contribution in [0, 0.1) is 10.1 Å². The minimum atomic E-state index is -0.498. The molecular weight excluding hydrogens is 264 g/mol. The number of nitrogens with zero attached hydrogens (tertiary/aromatic N) is 3. The van der Waals surface area contributed by atoms with E-state index in [-0.39, 0.29) is 24.5 Å². The maximum Gasteiger partial charge on any atom is 0.271 e. The number of nitro groups is 1. The first-order valence-electron chi connectivity index (χ1n) is 5.81. The van der Waals surface area contributed by atoms with Gasteiger partial charge >= 0.3 is 0 Å². The monoisotopic (exact) mass is 276 g/mol. The Balaban J connectivity index is 2.22. The number of aliphatic hydroxyl groups is 1. The normalized spacial score (nSPS) is 10.2. The second-order valence-electron chi connectivity index (χ2n) is 3.90. The number of rotatable bonds is 5. The highest BCUT2D eigenvalue weighted by atomic mass is 16.6. The lowest BCUT2D eigenvalue weighted by atomic mass is 10.3. The molecule has 2 aromatic rings. The summed E-state index contributed by atoms with van der Waals surface area (Å²) >= 11 is 0. The topological polar surface area (TPSA) is 110 Å². The minimum Gasteiger partial charge on any atom is -0.395 e. The van der Waals surface area contributed by atoms with E-state index in [2.05, 4.69) is 10.4 Å². The third-order valence-electron chi connectivity index (χ3n) is 2.52. The third-order valence-corrected chi connectivity index (χ3v) is 2.52. The van der Waals surface area contributed by atoms with Gasteiger partial charge in [0.2, 0.25) is 0 Å². The number of benzene rings is 1. The van der Waals surface area contributed by atoms with Gasteiger partial charge in [-0.05, 0) is 12.1 Å². The molecule has 0 bridgehead atoms. The highest BCUT2D eigenvalue weighted by Gasteiger charge is 2.11. The first-order chi connectivity index (χ1) is 9.61. The van der Waals surface area contributed by atoms with Gasteiger partial charge in [0.1, 0.15) is 0 Å². The van der Waals surface area contributed by atoms with Crippen molar-refractivity contribution in [1.82, 2.24) is 15.1 Å². The van der Waals surface area contributed by atoms with Gasteiger partial charge in [-0.25, -0.2) is 4.68 Å². The smallest absolute Gasteiger partial charge is 0.271 e. The SMILES string of the molecule is O=C(NCCO)c1ccn(-c2cccc([N+](=O)[O-])c2)n1. The molecule has 1 aromatic heterocycles. The highest BCUT2D eigenvalue weighted by Crippen LogP contribution is 2.16. The lowest BCUT2D eigenvalue weighted by Gasteiger charge is -2.01. The Kier molecular flexibility index (Phi) is 4.06. The van der Waals surface area contributed by atoms with Crippen molar-refractivity contribution in [2.45, 2.75) is 0 Å². The van der Waals surface area contributed by atoms with Crippen LogP contribution in [0.3, 0.4) is 0 Å². The number of carbonyl (C=O) groups is 1. The van der Waals surface area contributed by atoms with Gasteiger partial charge in [0.25, 0.3) is 11.6 Å². The van der Waals surface area contributed by atoms with E-state index in [0.29, 0.717) is 5.69 Å². The van der Waals surface area contributed by atoms with Crippen LogP contribution in [0.2, 0.25) is 0 Å². The van der Waals surface area contributed by atoms with Crippen molar-refractivity contribution >= 4 is 11.6 Å². The third kappa shape index (κ3) is 2.98. The summed E-state index contributed by atoms with van der Waals surface area (Å²) < 4.78 is 1.38. The number of hydrogen-bond donors (Lipinski definition) is 2. The van der Waals surface area contributed by atoms with Crippen LogP contribution in [-0.4, -0.2) is 38.9 Å². The molecule has 2 rings (SSSR count). The highest BCUT2D eigenvalue weighted by molar-refractivity contribution is 5.92. The van der Waals surface area contributed by atoms with Crippen molar-refractivity contribution in [2.75, 3.05) is 13.2 Å². The van der Waals surface area contributed by atoms with Gasteiger partial charge in [-0.2, -0.15) is 5.10 Å². The van der Waals surface area contributed by atoms with Crippen LogP contribution in [0.15, 0.2) is 36.5 Å². The van der Waals surface area contributed by atoms with Crippen LogP contribution in [-0.2, 0) is 0 Å². The summed E-state index contributed by atoms with van der Waals surface area (Å²) in [6.07, 6.45) is 1.53. The fourth-order valence-electron chi connectivity index (χ4n) is 1.60. The number of carbonyl (C=O) groups excluding carboxylic acids is 1. The van der Waals surface area contributed by atoms with E-state index < -0.39 is 10.8 Å². The summed E-state index contributed by atoms with van der Waals surface area (Å²) in [4.78, 5) is 21.8. The largest absolute Gasteiger partial charge is 0.395 e. The Bertz CT molecular complexity index is 638. The average Bonchev–Trinajstić information content (AvgIpc) is 2.94. The van der Waals surface area contributed by atoms with Gasteiger partial charge in [-0.15, -0.1) is 0 Å². The maximum atomic E-state index is 11.6. The zero-order valence-corrected chi connectivity index (χ0v) is 10.4. The van der Waals surface area contributed by atoms with Crippen LogP contribution < -0.4 is 5.32 Å². The molecule has 8 nitrogen and oxygen atoms in total. The molecule has 0 saturated heterocycles. The van der Waals surface area contributed by atoms with Crippen LogP contribution in [0.25, 0.3) is 5.69 Å². The maximum absolute atomic E-state index is 11.6.